The normalized spacial score (nSPS) is 22.5. The number of hydrogen-bond donors (Lipinski definition) is 9. The SMILES string of the molecule is CC/C=C\C/C=C\C/C=C\C/C=C\CCCCCCCCCCCCCCCCCCCCCCCCCCCCC(=O)NC(COC1OC(CO)C(OC2OC(CO)C(O)C(O)C2O)C(O)C1O)C(O)/C=C/CC/C=C/CCCCCCCCCCCCCCCCCCCC. The number of aliphatic hydroxyl groups excluding tert-OH is 8. The summed E-state index contributed by atoms with van der Waals surface area (Å²) in [6.45, 7) is 2.72. The lowest BCUT2D eigenvalue weighted by Crippen LogP contribution is -2.65. The van der Waals surface area contributed by atoms with E-state index in [1.54, 1.807) is 6.08 Å². The summed E-state index contributed by atoms with van der Waals surface area (Å²) in [5.74, 6) is -0.243. The Kier molecular flexibility index (Phi) is 62.2. The van der Waals surface area contributed by atoms with E-state index in [1.165, 1.54) is 263 Å². The largest absolute Gasteiger partial charge is 0.394 e. The van der Waals surface area contributed by atoms with E-state index in [0.717, 1.165) is 57.8 Å². The van der Waals surface area contributed by atoms with Crippen LogP contribution in [-0.2, 0) is 23.7 Å². The minimum absolute atomic E-state index is 0.243. The molecule has 1 amide bonds. The fraction of sp³-hybridized carbons (Fsp3) is 0.843. The summed E-state index contributed by atoms with van der Waals surface area (Å²) in [7, 11) is 0. The third-order valence-electron chi connectivity index (χ3n) is 19.6. The molecule has 0 radical (unpaired) electrons. The van der Waals surface area contributed by atoms with Crippen molar-refractivity contribution in [2.75, 3.05) is 19.8 Å². The number of aliphatic hydroxyl groups is 8. The topological polar surface area (TPSA) is 228 Å². The number of carbonyl (C=O) groups excluding carboxylic acids is 1. The van der Waals surface area contributed by atoms with Gasteiger partial charge in [-0.25, -0.2) is 0 Å². The summed E-state index contributed by atoms with van der Waals surface area (Å²) in [6, 6.07) is -0.933. The van der Waals surface area contributed by atoms with Gasteiger partial charge < -0.3 is 65.1 Å². The van der Waals surface area contributed by atoms with Gasteiger partial charge in [0.15, 0.2) is 12.6 Å². The Labute approximate surface area is 593 Å². The van der Waals surface area contributed by atoms with Gasteiger partial charge in [0.05, 0.1) is 32.0 Å². The highest BCUT2D eigenvalue weighted by molar-refractivity contribution is 5.76. The van der Waals surface area contributed by atoms with E-state index in [1.807, 2.05) is 6.08 Å². The van der Waals surface area contributed by atoms with E-state index in [9.17, 15) is 45.6 Å². The van der Waals surface area contributed by atoms with Gasteiger partial charge >= 0.3 is 0 Å². The monoisotopic (exact) mass is 1370 g/mol. The molecule has 9 N–H and O–H groups in total. The van der Waals surface area contributed by atoms with Gasteiger partial charge in [-0.05, 0) is 70.6 Å². The van der Waals surface area contributed by atoms with E-state index >= 15 is 0 Å². The van der Waals surface area contributed by atoms with Gasteiger partial charge in [0.1, 0.15) is 48.8 Å². The summed E-state index contributed by atoms with van der Waals surface area (Å²) in [6.07, 6.45) is 75.7. The first-order valence-electron chi connectivity index (χ1n) is 40.7. The number of nitrogens with one attached hydrogen (secondary N) is 1. The highest BCUT2D eigenvalue weighted by Gasteiger charge is 2.51. The van der Waals surface area contributed by atoms with Crippen LogP contribution in [0.3, 0.4) is 0 Å². The summed E-state index contributed by atoms with van der Waals surface area (Å²) in [5, 5.41) is 87.6. The Bertz CT molecular complexity index is 1910. The van der Waals surface area contributed by atoms with Crippen LogP contribution in [-0.4, -0.2) is 140 Å². The van der Waals surface area contributed by atoms with Gasteiger partial charge in [-0.1, -0.05) is 350 Å². The van der Waals surface area contributed by atoms with Crippen molar-refractivity contribution in [2.45, 2.75) is 428 Å². The van der Waals surface area contributed by atoms with Crippen molar-refractivity contribution >= 4 is 5.91 Å². The lowest BCUT2D eigenvalue weighted by Gasteiger charge is -2.46. The van der Waals surface area contributed by atoms with Crippen molar-refractivity contribution in [3.63, 3.8) is 0 Å². The third kappa shape index (κ3) is 49.6. The molecule has 566 valence electrons. The fourth-order valence-electron chi connectivity index (χ4n) is 13.2. The van der Waals surface area contributed by atoms with Crippen LogP contribution in [0.2, 0.25) is 0 Å². The van der Waals surface area contributed by atoms with E-state index in [0.29, 0.717) is 12.8 Å². The first-order chi connectivity index (χ1) is 47.6. The van der Waals surface area contributed by atoms with E-state index < -0.39 is 86.8 Å². The number of allylic oxidation sites excluding steroid dienone is 11. The molecule has 0 aliphatic carbocycles. The Balaban J connectivity index is 1.58. The molecule has 2 heterocycles. The second-order valence-corrected chi connectivity index (χ2v) is 28.5. The highest BCUT2D eigenvalue weighted by Crippen LogP contribution is 2.30. The molecule has 12 atom stereocenters. The van der Waals surface area contributed by atoms with Gasteiger partial charge in [0.2, 0.25) is 5.91 Å². The zero-order chi connectivity index (χ0) is 70.1. The van der Waals surface area contributed by atoms with Gasteiger partial charge in [-0.2, -0.15) is 0 Å². The summed E-state index contributed by atoms with van der Waals surface area (Å²) in [4.78, 5) is 13.4. The van der Waals surface area contributed by atoms with Crippen LogP contribution >= 0.6 is 0 Å². The average Bonchev–Trinajstić information content (AvgIpc) is 0.794. The van der Waals surface area contributed by atoms with Gasteiger partial charge in [-0.15, -0.1) is 0 Å². The predicted octanol–water partition coefficient (Wildman–Crippen LogP) is 18.5. The molecule has 0 aromatic carbocycles. The van der Waals surface area contributed by atoms with Crippen LogP contribution in [0.1, 0.15) is 354 Å². The molecule has 14 nitrogen and oxygen atoms in total. The van der Waals surface area contributed by atoms with Crippen LogP contribution in [0.5, 0.6) is 0 Å². The number of rotatable bonds is 68. The molecule has 14 heteroatoms. The standard InChI is InChI=1S/C83H151NO13/c1-3-5-7-9-11-13-15-17-19-21-23-25-27-29-30-31-32-33-34-35-36-37-38-39-40-41-42-43-45-47-49-51-53-55-57-59-61-63-65-67-75(88)84-71(70-94-82-80(93)78(91)81(74(69-86)96-82)97-83-79(92)77(90)76(89)73(68-85)95-83)72(87)66-64-62-60-58-56-54-52-50-48-46-44-28-26-24-22-20-18-16-14-12-10-8-6-4-2/h5,7,11,13,17,19,23,25,56,58,64,66,71-74,76-83,85-87,89-93H,3-4,6,8-10,12,14-16,18,20-22,24,26-55,57,59-63,65,67-70H2,1-2H3,(H,84,88)/b7-5-,13-11-,19-17-,25-23-,58-56+,66-64+. The number of unbranched alkanes of at least 4 members (excludes halogenated alkanes) is 45. The Morgan fingerprint density at radius 2 is 0.722 bits per heavy atom. The molecule has 0 spiro atoms. The average molecular weight is 1370 g/mol. The summed E-state index contributed by atoms with van der Waals surface area (Å²) < 4.78 is 22.9. The van der Waals surface area contributed by atoms with Crippen LogP contribution < -0.4 is 5.32 Å². The van der Waals surface area contributed by atoms with Gasteiger partial charge in [0, 0.05) is 6.42 Å². The minimum Gasteiger partial charge on any atom is -0.394 e. The molecule has 0 aromatic heterocycles. The molecule has 2 fully saturated rings. The van der Waals surface area contributed by atoms with Gasteiger partial charge in [-0.3, -0.25) is 4.79 Å². The molecule has 97 heavy (non-hydrogen) atoms. The molecule has 2 aliphatic rings. The number of carbonyl (C=O) groups is 1. The van der Waals surface area contributed by atoms with Crippen molar-refractivity contribution < 1.29 is 64.6 Å². The highest BCUT2D eigenvalue weighted by atomic mass is 16.7. The summed E-state index contributed by atoms with van der Waals surface area (Å²) in [5.41, 5.74) is 0. The predicted molar refractivity (Wildman–Crippen MR) is 401 cm³/mol. The maximum Gasteiger partial charge on any atom is 0.220 e. The smallest absolute Gasteiger partial charge is 0.220 e. The molecule has 2 rings (SSSR count). The number of amides is 1. The third-order valence-corrected chi connectivity index (χ3v) is 19.6. The van der Waals surface area contributed by atoms with Gasteiger partial charge in [0.25, 0.3) is 0 Å². The number of hydrogen-bond acceptors (Lipinski definition) is 13. The molecule has 12 unspecified atom stereocenters. The maximum absolute atomic E-state index is 13.4. The van der Waals surface area contributed by atoms with E-state index in [2.05, 4.69) is 79.9 Å². The maximum atomic E-state index is 13.4. The van der Waals surface area contributed by atoms with Crippen molar-refractivity contribution in [3.05, 3.63) is 72.9 Å². The second-order valence-electron chi connectivity index (χ2n) is 28.5. The number of ether oxygens (including phenoxy) is 4. The first-order valence-corrected chi connectivity index (χ1v) is 40.7. The molecule has 2 saturated heterocycles. The molecule has 2 aliphatic heterocycles. The Hall–Kier alpha value is -2.57. The van der Waals surface area contributed by atoms with Crippen LogP contribution in [0, 0.1) is 0 Å². The molecule has 0 aromatic rings. The van der Waals surface area contributed by atoms with Crippen molar-refractivity contribution in [2.24, 2.45) is 0 Å². The van der Waals surface area contributed by atoms with Crippen LogP contribution in [0.15, 0.2) is 72.9 Å². The Morgan fingerprint density at radius 1 is 0.381 bits per heavy atom. The van der Waals surface area contributed by atoms with E-state index in [-0.39, 0.29) is 18.9 Å². The van der Waals surface area contributed by atoms with Crippen molar-refractivity contribution in [1.82, 2.24) is 5.32 Å². The first kappa shape index (κ1) is 90.5. The van der Waals surface area contributed by atoms with Crippen molar-refractivity contribution in [1.29, 1.82) is 0 Å². The lowest BCUT2D eigenvalue weighted by atomic mass is 9.97. The zero-order valence-electron chi connectivity index (χ0n) is 62.1. The van der Waals surface area contributed by atoms with Crippen LogP contribution in [0.25, 0.3) is 0 Å². The lowest BCUT2D eigenvalue weighted by molar-refractivity contribution is -0.359. The van der Waals surface area contributed by atoms with Crippen molar-refractivity contribution in [3.8, 4) is 0 Å². The van der Waals surface area contributed by atoms with E-state index in [4.69, 9.17) is 18.9 Å². The molecule has 0 saturated carbocycles. The summed E-state index contributed by atoms with van der Waals surface area (Å²) >= 11 is 0. The minimum atomic E-state index is -1.79. The molecule has 0 bridgehead atoms. The fourth-order valence-corrected chi connectivity index (χ4v) is 13.2. The molecular weight excluding hydrogens is 1220 g/mol. The second kappa shape index (κ2) is 66.7. The quantitative estimate of drug-likeness (QED) is 0.0204. The van der Waals surface area contributed by atoms with Crippen LogP contribution in [0.4, 0.5) is 0 Å². The molecular formula is C83H151NO13. The zero-order valence-corrected chi connectivity index (χ0v) is 62.1. The Morgan fingerprint density at radius 3 is 1.13 bits per heavy atom.